The average Bonchev–Trinajstić information content (AvgIpc) is 2.65. The van der Waals surface area contributed by atoms with Gasteiger partial charge in [0.15, 0.2) is 0 Å². The van der Waals surface area contributed by atoms with Crippen molar-refractivity contribution in [2.24, 2.45) is 0 Å². The Morgan fingerprint density at radius 3 is 3.00 bits per heavy atom. The molecule has 0 radical (unpaired) electrons. The molecule has 1 rings (SSSR count). The molecule has 1 heterocycles. The van der Waals surface area contributed by atoms with Crippen LogP contribution in [0.2, 0.25) is 0 Å². The van der Waals surface area contributed by atoms with E-state index in [1.165, 1.54) is 23.8 Å². The maximum absolute atomic E-state index is 11.7. The number of hydrogen-bond acceptors (Lipinski definition) is 5. The van der Waals surface area contributed by atoms with Crippen molar-refractivity contribution in [2.45, 2.75) is 12.5 Å². The largest absolute Gasteiger partial charge is 0.396 e. The lowest BCUT2D eigenvalue weighted by molar-refractivity contribution is -0.132. The van der Waals surface area contributed by atoms with E-state index in [0.717, 1.165) is 0 Å². The second-order valence-corrected chi connectivity index (χ2v) is 4.76. The van der Waals surface area contributed by atoms with Crippen LogP contribution in [0.4, 0.5) is 0 Å². The minimum absolute atomic E-state index is 0.00407. The van der Waals surface area contributed by atoms with Gasteiger partial charge in [-0.1, -0.05) is 0 Å². The van der Waals surface area contributed by atoms with E-state index in [-0.39, 0.29) is 31.0 Å². The molecule has 0 saturated carbocycles. The van der Waals surface area contributed by atoms with Gasteiger partial charge in [0.1, 0.15) is 6.54 Å². The number of aliphatic hydroxyl groups excluding tert-OH is 1. The van der Waals surface area contributed by atoms with Gasteiger partial charge in [0.2, 0.25) is 11.8 Å². The van der Waals surface area contributed by atoms with Crippen molar-refractivity contribution in [1.82, 2.24) is 10.2 Å². The van der Waals surface area contributed by atoms with Gasteiger partial charge in [-0.3, -0.25) is 9.59 Å². The molecule has 0 aliphatic carbocycles. The molecule has 2 N–H and O–H groups in total. The topological polar surface area (TPSA) is 78.9 Å². The van der Waals surface area contributed by atoms with E-state index in [4.69, 9.17) is 9.84 Å². The highest BCUT2D eigenvalue weighted by Gasteiger charge is 2.23. The van der Waals surface area contributed by atoms with Gasteiger partial charge in [0.05, 0.1) is 24.3 Å². The summed E-state index contributed by atoms with van der Waals surface area (Å²) >= 11 is 1.50. The molecule has 0 bridgehead atoms. The van der Waals surface area contributed by atoms with Crippen molar-refractivity contribution in [3.63, 3.8) is 0 Å². The molecule has 1 unspecified atom stereocenters. The quantitative estimate of drug-likeness (QED) is 0.617. The first kappa shape index (κ1) is 14.3. The highest BCUT2D eigenvalue weighted by molar-refractivity contribution is 8.00. The highest BCUT2D eigenvalue weighted by atomic mass is 32.2. The van der Waals surface area contributed by atoms with Crippen molar-refractivity contribution in [3.05, 3.63) is 0 Å². The number of carbonyl (C=O) groups excluding carboxylic acids is 2. The zero-order valence-electron chi connectivity index (χ0n) is 9.85. The number of aliphatic hydroxyl groups is 1. The highest BCUT2D eigenvalue weighted by Crippen LogP contribution is 2.13. The number of amides is 2. The second-order valence-electron chi connectivity index (χ2n) is 3.80. The first-order valence-corrected chi connectivity index (χ1v) is 6.57. The van der Waals surface area contributed by atoms with E-state index in [9.17, 15) is 9.59 Å². The van der Waals surface area contributed by atoms with Gasteiger partial charge in [-0.15, -0.1) is 11.8 Å². The van der Waals surface area contributed by atoms with Gasteiger partial charge >= 0.3 is 0 Å². The van der Waals surface area contributed by atoms with Crippen molar-refractivity contribution < 1.29 is 19.4 Å². The zero-order valence-corrected chi connectivity index (χ0v) is 10.7. The Kier molecular flexibility index (Phi) is 6.31. The molecule has 1 aliphatic heterocycles. The molecule has 1 atom stereocenters. The lowest BCUT2D eigenvalue weighted by atomic mass is 10.2. The molecule has 1 aliphatic rings. The molecule has 0 aromatic heterocycles. The van der Waals surface area contributed by atoms with E-state index in [1.54, 1.807) is 0 Å². The first-order valence-electron chi connectivity index (χ1n) is 5.42. The normalized spacial score (nSPS) is 17.3. The number of methoxy groups -OCH3 is 1. The number of hydrogen-bond donors (Lipinski definition) is 2. The summed E-state index contributed by atoms with van der Waals surface area (Å²) in [4.78, 5) is 24.5. The standard InChI is InChI=1S/C10H18N2O4S/c1-16-5-8(2-3-13)11-9(14)4-12-7-17-6-10(12)15/h8,13H,2-7H2,1H3,(H,11,14). The fraction of sp³-hybridized carbons (Fsp3) is 0.800. The van der Waals surface area contributed by atoms with Crippen LogP contribution in [0.1, 0.15) is 6.42 Å². The van der Waals surface area contributed by atoms with Crippen LogP contribution in [0.3, 0.4) is 0 Å². The Morgan fingerprint density at radius 2 is 2.47 bits per heavy atom. The van der Waals surface area contributed by atoms with Crippen LogP contribution in [-0.4, -0.2) is 66.4 Å². The molecule has 7 heteroatoms. The molecule has 0 aromatic carbocycles. The average molecular weight is 262 g/mol. The number of ether oxygens (including phenoxy) is 1. The van der Waals surface area contributed by atoms with Crippen molar-refractivity contribution in [1.29, 1.82) is 0 Å². The monoisotopic (exact) mass is 262 g/mol. The summed E-state index contributed by atoms with van der Waals surface area (Å²) in [5.74, 6) is 0.805. The predicted molar refractivity (Wildman–Crippen MR) is 64.5 cm³/mol. The third-order valence-electron chi connectivity index (χ3n) is 2.37. The molecule has 17 heavy (non-hydrogen) atoms. The molecular formula is C10H18N2O4S. The van der Waals surface area contributed by atoms with Crippen LogP contribution in [0.5, 0.6) is 0 Å². The molecule has 2 amide bonds. The SMILES string of the molecule is COCC(CCO)NC(=O)CN1CSCC1=O. The maximum atomic E-state index is 11.7. The molecule has 0 spiro atoms. The summed E-state index contributed by atoms with van der Waals surface area (Å²) in [6, 6.07) is -0.206. The van der Waals surface area contributed by atoms with Crippen molar-refractivity contribution >= 4 is 23.6 Å². The Balaban J connectivity index is 2.33. The number of nitrogens with zero attached hydrogens (tertiary/aromatic N) is 1. The predicted octanol–water partition coefficient (Wildman–Crippen LogP) is -0.967. The molecule has 98 valence electrons. The Bertz CT molecular complexity index is 269. The molecule has 6 nitrogen and oxygen atoms in total. The third kappa shape index (κ3) is 4.93. The van der Waals surface area contributed by atoms with Crippen LogP contribution >= 0.6 is 11.8 Å². The van der Waals surface area contributed by atoms with Gasteiger partial charge in [-0.2, -0.15) is 0 Å². The summed E-state index contributed by atoms with van der Waals surface area (Å²) in [6.45, 7) is 0.430. The summed E-state index contributed by atoms with van der Waals surface area (Å²) in [5.41, 5.74) is 0. The van der Waals surface area contributed by atoms with Gasteiger partial charge in [0.25, 0.3) is 0 Å². The summed E-state index contributed by atoms with van der Waals surface area (Å²) in [7, 11) is 1.54. The van der Waals surface area contributed by atoms with E-state index in [1.807, 2.05) is 0 Å². The van der Waals surface area contributed by atoms with E-state index < -0.39 is 0 Å². The zero-order chi connectivity index (χ0) is 12.7. The maximum Gasteiger partial charge on any atom is 0.239 e. The molecular weight excluding hydrogens is 244 g/mol. The van der Waals surface area contributed by atoms with Crippen molar-refractivity contribution in [2.75, 3.05) is 38.5 Å². The fourth-order valence-electron chi connectivity index (χ4n) is 1.54. The minimum Gasteiger partial charge on any atom is -0.396 e. The Hall–Kier alpha value is -0.790. The van der Waals surface area contributed by atoms with Gasteiger partial charge in [-0.25, -0.2) is 0 Å². The summed E-state index contributed by atoms with van der Waals surface area (Å²) in [6.07, 6.45) is 0.447. The van der Waals surface area contributed by atoms with Gasteiger partial charge in [0, 0.05) is 13.7 Å². The molecule has 1 fully saturated rings. The number of thioether (sulfide) groups is 1. The van der Waals surface area contributed by atoms with E-state index in [0.29, 0.717) is 24.7 Å². The van der Waals surface area contributed by atoms with Crippen molar-refractivity contribution in [3.8, 4) is 0 Å². The number of rotatable bonds is 7. The fourth-order valence-corrected chi connectivity index (χ4v) is 2.45. The number of nitrogens with one attached hydrogen (secondary N) is 1. The van der Waals surface area contributed by atoms with Crippen LogP contribution in [0.15, 0.2) is 0 Å². The summed E-state index contributed by atoms with van der Waals surface area (Å²) < 4.78 is 4.94. The lowest BCUT2D eigenvalue weighted by Crippen LogP contribution is -2.44. The third-order valence-corrected chi connectivity index (χ3v) is 3.32. The number of carbonyl (C=O) groups is 2. The smallest absolute Gasteiger partial charge is 0.239 e. The summed E-state index contributed by atoms with van der Waals surface area (Å²) in [5, 5.41) is 11.6. The van der Waals surface area contributed by atoms with Crippen LogP contribution in [0.25, 0.3) is 0 Å². The van der Waals surface area contributed by atoms with E-state index in [2.05, 4.69) is 5.32 Å². The minimum atomic E-state index is -0.212. The van der Waals surface area contributed by atoms with Gasteiger partial charge < -0.3 is 20.1 Å². The molecule has 0 aromatic rings. The van der Waals surface area contributed by atoms with Crippen LogP contribution in [-0.2, 0) is 14.3 Å². The second kappa shape index (κ2) is 7.52. The van der Waals surface area contributed by atoms with Gasteiger partial charge in [-0.05, 0) is 6.42 Å². The lowest BCUT2D eigenvalue weighted by Gasteiger charge is -2.19. The van der Waals surface area contributed by atoms with Crippen LogP contribution < -0.4 is 5.32 Å². The molecule has 1 saturated heterocycles. The Labute approximate surface area is 105 Å². The Morgan fingerprint density at radius 1 is 1.71 bits per heavy atom. The first-order chi connectivity index (χ1) is 8.17. The van der Waals surface area contributed by atoms with Crippen LogP contribution in [0, 0.1) is 0 Å². The van der Waals surface area contributed by atoms with E-state index >= 15 is 0 Å².